The number of nitrogens with zero attached hydrogens (tertiary/aromatic N) is 3. The SMILES string of the molecule is Cc1ccccc1-c1ccc(-c2nc(-c3ccccc3)nc(-c3ccccc3)n2)c2ccccc12. The maximum absolute atomic E-state index is 4.95. The Morgan fingerprint density at radius 3 is 1.43 bits per heavy atom. The topological polar surface area (TPSA) is 38.7 Å². The highest BCUT2D eigenvalue weighted by atomic mass is 15.0. The van der Waals surface area contributed by atoms with Crippen LogP contribution in [-0.4, -0.2) is 15.0 Å². The molecular formula is C32H23N3. The van der Waals surface area contributed by atoms with Crippen LogP contribution in [0, 0.1) is 6.92 Å². The predicted octanol–water partition coefficient (Wildman–Crippen LogP) is 8.00. The number of benzene rings is 5. The zero-order chi connectivity index (χ0) is 23.6. The van der Waals surface area contributed by atoms with Gasteiger partial charge >= 0.3 is 0 Å². The Labute approximate surface area is 204 Å². The number of hydrogen-bond acceptors (Lipinski definition) is 3. The molecule has 6 aromatic rings. The summed E-state index contributed by atoms with van der Waals surface area (Å²) in [5.74, 6) is 2.01. The van der Waals surface area contributed by atoms with Crippen molar-refractivity contribution in [2.75, 3.05) is 0 Å². The summed E-state index contributed by atoms with van der Waals surface area (Å²) in [7, 11) is 0. The van der Waals surface area contributed by atoms with E-state index in [2.05, 4.69) is 67.6 Å². The van der Waals surface area contributed by atoms with Gasteiger partial charge in [-0.25, -0.2) is 15.0 Å². The monoisotopic (exact) mass is 449 g/mol. The Balaban J connectivity index is 1.60. The van der Waals surface area contributed by atoms with Crippen molar-refractivity contribution < 1.29 is 0 Å². The molecule has 5 aromatic carbocycles. The summed E-state index contributed by atoms with van der Waals surface area (Å²) in [5.41, 5.74) is 6.63. The van der Waals surface area contributed by atoms with Crippen molar-refractivity contribution in [2.24, 2.45) is 0 Å². The third-order valence-corrected chi connectivity index (χ3v) is 6.30. The normalized spacial score (nSPS) is 11.0. The van der Waals surface area contributed by atoms with Gasteiger partial charge in [-0.15, -0.1) is 0 Å². The van der Waals surface area contributed by atoms with Gasteiger partial charge in [0.2, 0.25) is 0 Å². The molecule has 0 aliphatic rings. The van der Waals surface area contributed by atoms with Gasteiger partial charge in [0.15, 0.2) is 17.5 Å². The number of aryl methyl sites for hydroxylation is 1. The highest BCUT2D eigenvalue weighted by Crippen LogP contribution is 2.36. The molecule has 0 amide bonds. The van der Waals surface area contributed by atoms with Crippen LogP contribution in [0.1, 0.15) is 5.56 Å². The Kier molecular flexibility index (Phi) is 5.36. The lowest BCUT2D eigenvalue weighted by Crippen LogP contribution is -2.00. The molecule has 0 N–H and O–H groups in total. The Morgan fingerprint density at radius 2 is 0.829 bits per heavy atom. The molecule has 0 saturated heterocycles. The molecule has 3 heteroatoms. The lowest BCUT2D eigenvalue weighted by atomic mass is 9.92. The fourth-order valence-corrected chi connectivity index (χ4v) is 4.53. The van der Waals surface area contributed by atoms with Crippen molar-refractivity contribution in [3.05, 3.63) is 127 Å². The van der Waals surface area contributed by atoms with Gasteiger partial charge in [-0.3, -0.25) is 0 Å². The molecule has 0 saturated carbocycles. The fraction of sp³-hybridized carbons (Fsp3) is 0.0312. The van der Waals surface area contributed by atoms with E-state index in [1.807, 2.05) is 60.7 Å². The van der Waals surface area contributed by atoms with E-state index in [1.165, 1.54) is 22.1 Å². The maximum atomic E-state index is 4.95. The van der Waals surface area contributed by atoms with Gasteiger partial charge < -0.3 is 0 Å². The lowest BCUT2D eigenvalue weighted by molar-refractivity contribution is 1.08. The third-order valence-electron chi connectivity index (χ3n) is 6.30. The van der Waals surface area contributed by atoms with Gasteiger partial charge in [-0.1, -0.05) is 115 Å². The summed E-state index contributed by atoms with van der Waals surface area (Å²) in [4.78, 5) is 14.7. The second-order valence-electron chi connectivity index (χ2n) is 8.56. The molecule has 166 valence electrons. The second kappa shape index (κ2) is 8.96. The summed E-state index contributed by atoms with van der Waals surface area (Å²) in [5, 5.41) is 2.31. The van der Waals surface area contributed by atoms with Gasteiger partial charge in [0, 0.05) is 16.7 Å². The first-order chi connectivity index (χ1) is 17.3. The maximum Gasteiger partial charge on any atom is 0.164 e. The van der Waals surface area contributed by atoms with E-state index >= 15 is 0 Å². The van der Waals surface area contributed by atoms with Gasteiger partial charge in [0.25, 0.3) is 0 Å². The van der Waals surface area contributed by atoms with Crippen LogP contribution in [-0.2, 0) is 0 Å². The number of fused-ring (bicyclic) bond motifs is 1. The van der Waals surface area contributed by atoms with Crippen LogP contribution in [0.3, 0.4) is 0 Å². The van der Waals surface area contributed by atoms with Crippen LogP contribution < -0.4 is 0 Å². The first kappa shape index (κ1) is 20.9. The minimum absolute atomic E-state index is 0.668. The Bertz CT molecular complexity index is 1580. The van der Waals surface area contributed by atoms with E-state index in [0.717, 1.165) is 22.1 Å². The molecule has 3 nitrogen and oxygen atoms in total. The first-order valence-corrected chi connectivity index (χ1v) is 11.7. The Morgan fingerprint density at radius 1 is 0.371 bits per heavy atom. The van der Waals surface area contributed by atoms with Crippen LogP contribution in [0.4, 0.5) is 0 Å². The molecule has 1 heterocycles. The highest BCUT2D eigenvalue weighted by Gasteiger charge is 2.16. The quantitative estimate of drug-likeness (QED) is 0.274. The van der Waals surface area contributed by atoms with Crippen molar-refractivity contribution in [3.63, 3.8) is 0 Å². The number of rotatable bonds is 4. The average Bonchev–Trinajstić information content (AvgIpc) is 2.93. The van der Waals surface area contributed by atoms with E-state index in [0.29, 0.717) is 17.5 Å². The van der Waals surface area contributed by atoms with E-state index < -0.39 is 0 Å². The Hall–Kier alpha value is -4.63. The van der Waals surface area contributed by atoms with Crippen molar-refractivity contribution in [2.45, 2.75) is 6.92 Å². The molecule has 0 radical (unpaired) electrons. The largest absolute Gasteiger partial charge is 0.208 e. The standard InChI is InChI=1S/C32H23N3/c1-22-12-8-9-17-25(22)28-20-21-29(27-19-11-10-18-26(27)28)32-34-30(23-13-4-2-5-14-23)33-31(35-32)24-15-6-3-7-16-24/h2-21H,1H3. The summed E-state index contributed by atoms with van der Waals surface area (Å²) in [6, 6.07) is 41.5. The zero-order valence-electron chi connectivity index (χ0n) is 19.4. The van der Waals surface area contributed by atoms with E-state index in [4.69, 9.17) is 15.0 Å². The second-order valence-corrected chi connectivity index (χ2v) is 8.56. The van der Waals surface area contributed by atoms with Crippen molar-refractivity contribution in [3.8, 4) is 45.3 Å². The van der Waals surface area contributed by atoms with Crippen molar-refractivity contribution >= 4 is 10.8 Å². The van der Waals surface area contributed by atoms with Gasteiger partial charge in [0.1, 0.15) is 0 Å². The summed E-state index contributed by atoms with van der Waals surface area (Å²) < 4.78 is 0. The van der Waals surface area contributed by atoms with Crippen molar-refractivity contribution in [1.82, 2.24) is 15.0 Å². The summed E-state index contributed by atoms with van der Waals surface area (Å²) in [6.07, 6.45) is 0. The van der Waals surface area contributed by atoms with Gasteiger partial charge in [-0.05, 0) is 40.5 Å². The molecule has 0 aliphatic heterocycles. The van der Waals surface area contributed by atoms with Crippen molar-refractivity contribution in [1.29, 1.82) is 0 Å². The van der Waals surface area contributed by atoms with Crippen LogP contribution in [0.2, 0.25) is 0 Å². The highest BCUT2D eigenvalue weighted by molar-refractivity contribution is 6.04. The third kappa shape index (κ3) is 3.98. The molecular weight excluding hydrogens is 426 g/mol. The molecule has 0 fully saturated rings. The van der Waals surface area contributed by atoms with Crippen LogP contribution in [0.25, 0.3) is 56.1 Å². The molecule has 0 bridgehead atoms. The number of aromatic nitrogens is 3. The molecule has 6 rings (SSSR count). The minimum atomic E-state index is 0.668. The molecule has 0 unspecified atom stereocenters. The molecule has 0 spiro atoms. The van der Waals surface area contributed by atoms with Crippen LogP contribution in [0.5, 0.6) is 0 Å². The van der Waals surface area contributed by atoms with E-state index in [9.17, 15) is 0 Å². The zero-order valence-corrected chi connectivity index (χ0v) is 19.4. The van der Waals surface area contributed by atoms with Gasteiger partial charge in [-0.2, -0.15) is 0 Å². The lowest BCUT2D eigenvalue weighted by Gasteiger charge is -2.14. The molecule has 1 aromatic heterocycles. The van der Waals surface area contributed by atoms with Crippen LogP contribution >= 0.6 is 0 Å². The average molecular weight is 450 g/mol. The summed E-state index contributed by atoms with van der Waals surface area (Å²) >= 11 is 0. The van der Waals surface area contributed by atoms with E-state index in [-0.39, 0.29) is 0 Å². The number of hydrogen-bond donors (Lipinski definition) is 0. The smallest absolute Gasteiger partial charge is 0.164 e. The molecule has 0 aliphatic carbocycles. The summed E-state index contributed by atoms with van der Waals surface area (Å²) in [6.45, 7) is 2.16. The molecule has 35 heavy (non-hydrogen) atoms. The minimum Gasteiger partial charge on any atom is -0.208 e. The van der Waals surface area contributed by atoms with Gasteiger partial charge in [0.05, 0.1) is 0 Å². The fourth-order valence-electron chi connectivity index (χ4n) is 4.53. The predicted molar refractivity (Wildman–Crippen MR) is 144 cm³/mol. The molecule has 0 atom stereocenters. The first-order valence-electron chi connectivity index (χ1n) is 11.7. The van der Waals surface area contributed by atoms with Crippen LogP contribution in [0.15, 0.2) is 121 Å². The van der Waals surface area contributed by atoms with E-state index in [1.54, 1.807) is 0 Å².